The van der Waals surface area contributed by atoms with Gasteiger partial charge in [-0.05, 0) is 61.1 Å². The van der Waals surface area contributed by atoms with Crippen LogP contribution in [0, 0.1) is 19.8 Å². The van der Waals surface area contributed by atoms with Gasteiger partial charge in [0.2, 0.25) is 5.91 Å². The number of hydrogen-bond donors (Lipinski definition) is 1. The molecule has 0 bridgehead atoms. The van der Waals surface area contributed by atoms with Crippen LogP contribution in [0.4, 0.5) is 5.69 Å². The number of aryl methyl sites for hydroxylation is 2. The van der Waals surface area contributed by atoms with E-state index in [2.05, 4.69) is 49.2 Å². The van der Waals surface area contributed by atoms with E-state index < -0.39 is 6.04 Å². The molecule has 0 aromatic heterocycles. The molecule has 1 saturated heterocycles. The Morgan fingerprint density at radius 3 is 2.19 bits per heavy atom. The molecule has 3 rings (SSSR count). The smallest absolute Gasteiger partial charge is 0.251 e. The van der Waals surface area contributed by atoms with Crippen LogP contribution in [-0.4, -0.2) is 48.9 Å². The molecule has 1 heterocycles. The Kier molecular flexibility index (Phi) is 7.37. The third-order valence-corrected chi connectivity index (χ3v) is 6.35. The van der Waals surface area contributed by atoms with E-state index in [1.54, 1.807) is 0 Å². The Bertz CT molecular complexity index is 913. The van der Waals surface area contributed by atoms with E-state index in [1.165, 1.54) is 22.4 Å². The fraction of sp³-hybridized carbons (Fsp3) is 0.462. The zero-order chi connectivity index (χ0) is 22.5. The number of nitrogens with zero attached hydrogens (tertiary/aromatic N) is 2. The number of benzene rings is 2. The van der Waals surface area contributed by atoms with Gasteiger partial charge in [0.15, 0.2) is 0 Å². The van der Waals surface area contributed by atoms with Gasteiger partial charge in [-0.3, -0.25) is 9.59 Å². The van der Waals surface area contributed by atoms with Gasteiger partial charge in [0.25, 0.3) is 5.91 Å². The Labute approximate surface area is 186 Å². The standard InChI is InChI=1S/C26H35N3O2/c1-6-21-10-12-22(13-11-21)25(30)27-24(18(2)3)26(31)29-16-14-28(15-17-29)23-9-7-8-19(4)20(23)5/h7-13,18,24H,6,14-17H2,1-5H3,(H,27,30)/t24-/m1/s1. The van der Waals surface area contributed by atoms with Crippen LogP contribution >= 0.6 is 0 Å². The number of carbonyl (C=O) groups excluding carboxylic acids is 2. The third kappa shape index (κ3) is 5.27. The highest BCUT2D eigenvalue weighted by atomic mass is 16.2. The van der Waals surface area contributed by atoms with Crippen molar-refractivity contribution >= 4 is 17.5 Å². The van der Waals surface area contributed by atoms with Gasteiger partial charge < -0.3 is 15.1 Å². The number of nitrogens with one attached hydrogen (secondary N) is 1. The van der Waals surface area contributed by atoms with Crippen molar-refractivity contribution in [1.29, 1.82) is 0 Å². The topological polar surface area (TPSA) is 52.7 Å². The molecular weight excluding hydrogens is 386 g/mol. The number of hydrogen-bond acceptors (Lipinski definition) is 3. The quantitative estimate of drug-likeness (QED) is 0.768. The van der Waals surface area contributed by atoms with Gasteiger partial charge in [-0.2, -0.15) is 0 Å². The predicted molar refractivity (Wildman–Crippen MR) is 127 cm³/mol. The molecule has 0 radical (unpaired) electrons. The number of piperazine rings is 1. The second kappa shape index (κ2) is 9.99. The van der Waals surface area contributed by atoms with E-state index in [0.29, 0.717) is 18.7 Å². The number of amides is 2. The van der Waals surface area contributed by atoms with E-state index in [9.17, 15) is 9.59 Å². The fourth-order valence-electron chi connectivity index (χ4n) is 4.07. The molecule has 1 atom stereocenters. The highest BCUT2D eigenvalue weighted by Crippen LogP contribution is 2.24. The van der Waals surface area contributed by atoms with Crippen molar-refractivity contribution in [3.63, 3.8) is 0 Å². The Morgan fingerprint density at radius 1 is 0.968 bits per heavy atom. The van der Waals surface area contributed by atoms with Crippen molar-refractivity contribution in [2.45, 2.75) is 47.1 Å². The van der Waals surface area contributed by atoms with Gasteiger partial charge in [-0.15, -0.1) is 0 Å². The van der Waals surface area contributed by atoms with Crippen molar-refractivity contribution in [3.8, 4) is 0 Å². The van der Waals surface area contributed by atoms with Gasteiger partial charge in [0, 0.05) is 37.4 Å². The van der Waals surface area contributed by atoms with Gasteiger partial charge in [-0.1, -0.05) is 45.0 Å². The van der Waals surface area contributed by atoms with E-state index >= 15 is 0 Å². The number of anilines is 1. The summed E-state index contributed by atoms with van der Waals surface area (Å²) in [7, 11) is 0. The summed E-state index contributed by atoms with van der Waals surface area (Å²) in [6.07, 6.45) is 0.934. The molecule has 5 nitrogen and oxygen atoms in total. The zero-order valence-corrected chi connectivity index (χ0v) is 19.4. The summed E-state index contributed by atoms with van der Waals surface area (Å²) in [6, 6.07) is 13.4. The minimum Gasteiger partial charge on any atom is -0.368 e. The molecule has 2 aromatic carbocycles. The summed E-state index contributed by atoms with van der Waals surface area (Å²) in [4.78, 5) is 30.3. The molecule has 5 heteroatoms. The molecule has 166 valence electrons. The van der Waals surface area contributed by atoms with Gasteiger partial charge in [0.1, 0.15) is 6.04 Å². The highest BCUT2D eigenvalue weighted by molar-refractivity contribution is 5.97. The third-order valence-electron chi connectivity index (χ3n) is 6.35. The second-order valence-electron chi connectivity index (χ2n) is 8.78. The van der Waals surface area contributed by atoms with Gasteiger partial charge in [0.05, 0.1) is 0 Å². The first kappa shape index (κ1) is 22.9. The lowest BCUT2D eigenvalue weighted by Gasteiger charge is -2.39. The number of rotatable bonds is 6. The summed E-state index contributed by atoms with van der Waals surface area (Å²) in [5.41, 5.74) is 5.61. The van der Waals surface area contributed by atoms with Crippen molar-refractivity contribution in [2.75, 3.05) is 31.1 Å². The van der Waals surface area contributed by atoms with Crippen LogP contribution in [0.5, 0.6) is 0 Å². The maximum Gasteiger partial charge on any atom is 0.251 e. The van der Waals surface area contributed by atoms with Crippen molar-refractivity contribution in [2.24, 2.45) is 5.92 Å². The highest BCUT2D eigenvalue weighted by Gasteiger charge is 2.31. The molecule has 2 aromatic rings. The van der Waals surface area contributed by atoms with Crippen LogP contribution in [0.1, 0.15) is 47.8 Å². The van der Waals surface area contributed by atoms with E-state index in [4.69, 9.17) is 0 Å². The normalized spacial score (nSPS) is 15.2. The van der Waals surface area contributed by atoms with E-state index in [-0.39, 0.29) is 17.7 Å². The molecule has 0 aliphatic carbocycles. The zero-order valence-electron chi connectivity index (χ0n) is 19.4. The summed E-state index contributed by atoms with van der Waals surface area (Å²) in [5, 5.41) is 2.98. The lowest BCUT2D eigenvalue weighted by Crippen LogP contribution is -2.56. The lowest BCUT2D eigenvalue weighted by atomic mass is 10.0. The molecule has 31 heavy (non-hydrogen) atoms. The molecule has 1 N–H and O–H groups in total. The Hall–Kier alpha value is -2.82. The summed E-state index contributed by atoms with van der Waals surface area (Å²) in [5.74, 6) is -0.165. The molecule has 1 aliphatic rings. The van der Waals surface area contributed by atoms with Crippen LogP contribution in [0.2, 0.25) is 0 Å². The predicted octanol–water partition coefficient (Wildman–Crippen LogP) is 3.97. The van der Waals surface area contributed by atoms with E-state index in [1.807, 2.05) is 43.0 Å². The molecule has 1 aliphatic heterocycles. The fourth-order valence-corrected chi connectivity index (χ4v) is 4.07. The first-order chi connectivity index (χ1) is 14.8. The number of carbonyl (C=O) groups is 2. The molecule has 0 spiro atoms. The molecule has 0 saturated carbocycles. The minimum atomic E-state index is -0.523. The van der Waals surface area contributed by atoms with Crippen LogP contribution in [0.15, 0.2) is 42.5 Å². The Morgan fingerprint density at radius 2 is 1.61 bits per heavy atom. The summed E-state index contributed by atoms with van der Waals surface area (Å²) < 4.78 is 0. The van der Waals surface area contributed by atoms with E-state index in [0.717, 1.165) is 19.5 Å². The SMILES string of the molecule is CCc1ccc(C(=O)N[C@@H](C(=O)N2CCN(c3cccc(C)c3C)CC2)C(C)C)cc1. The molecule has 1 fully saturated rings. The van der Waals surface area contributed by atoms with Crippen molar-refractivity contribution in [1.82, 2.24) is 10.2 Å². The average molecular weight is 422 g/mol. The summed E-state index contributed by atoms with van der Waals surface area (Å²) in [6.45, 7) is 13.3. The first-order valence-electron chi connectivity index (χ1n) is 11.3. The van der Waals surface area contributed by atoms with Crippen LogP contribution < -0.4 is 10.2 Å². The minimum absolute atomic E-state index is 0.00847. The van der Waals surface area contributed by atoms with Crippen molar-refractivity contribution < 1.29 is 9.59 Å². The maximum atomic E-state index is 13.3. The van der Waals surface area contributed by atoms with Crippen LogP contribution in [0.25, 0.3) is 0 Å². The Balaban J connectivity index is 1.64. The maximum absolute atomic E-state index is 13.3. The monoisotopic (exact) mass is 421 g/mol. The summed E-state index contributed by atoms with van der Waals surface area (Å²) >= 11 is 0. The van der Waals surface area contributed by atoms with Crippen LogP contribution in [0.3, 0.4) is 0 Å². The van der Waals surface area contributed by atoms with Gasteiger partial charge >= 0.3 is 0 Å². The first-order valence-corrected chi connectivity index (χ1v) is 11.3. The second-order valence-corrected chi connectivity index (χ2v) is 8.78. The largest absolute Gasteiger partial charge is 0.368 e. The molecule has 2 amide bonds. The lowest BCUT2D eigenvalue weighted by molar-refractivity contribution is -0.134. The van der Waals surface area contributed by atoms with Crippen LogP contribution in [-0.2, 0) is 11.2 Å². The van der Waals surface area contributed by atoms with Gasteiger partial charge in [-0.25, -0.2) is 0 Å². The average Bonchev–Trinajstić information content (AvgIpc) is 2.78. The molecular formula is C26H35N3O2. The molecule has 0 unspecified atom stereocenters. The van der Waals surface area contributed by atoms with Crippen molar-refractivity contribution in [3.05, 3.63) is 64.7 Å².